The van der Waals surface area contributed by atoms with E-state index in [9.17, 15) is 9.59 Å². The average Bonchev–Trinajstić information content (AvgIpc) is 3.31. The number of benzene rings is 3. The Hall–Kier alpha value is -3.44. The highest BCUT2D eigenvalue weighted by Gasteiger charge is 2.60. The van der Waals surface area contributed by atoms with Gasteiger partial charge in [0.25, 0.3) is 5.91 Å². The van der Waals surface area contributed by atoms with Gasteiger partial charge in [0.2, 0.25) is 5.91 Å². The van der Waals surface area contributed by atoms with Crippen LogP contribution in [0.4, 0.5) is 11.4 Å². The molecule has 5 rings (SSSR count). The van der Waals surface area contributed by atoms with Crippen molar-refractivity contribution in [2.24, 2.45) is 5.92 Å². The second kappa shape index (κ2) is 7.43. The first kappa shape index (κ1) is 18.6. The zero-order valence-corrected chi connectivity index (χ0v) is 16.6. The van der Waals surface area contributed by atoms with Gasteiger partial charge in [-0.05, 0) is 41.8 Å². The van der Waals surface area contributed by atoms with Gasteiger partial charge in [0.1, 0.15) is 5.92 Å². The first-order chi connectivity index (χ1) is 14.7. The lowest BCUT2D eigenvalue weighted by atomic mass is 9.90. The minimum Gasteiger partial charge on any atom is -0.273 e. The molecule has 2 saturated heterocycles. The van der Waals surface area contributed by atoms with E-state index >= 15 is 0 Å². The molecule has 3 atom stereocenters. The molecule has 5 nitrogen and oxygen atoms in total. The van der Waals surface area contributed by atoms with Crippen molar-refractivity contribution < 1.29 is 14.4 Å². The molecule has 2 amide bonds. The van der Waals surface area contributed by atoms with Crippen molar-refractivity contribution >= 4 is 23.2 Å². The smallest absolute Gasteiger partial charge is 0.266 e. The molecule has 0 aromatic heterocycles. The SMILES string of the molecule is CCc1ccc(N2C(=O)C3ON(c4ccccc4)C(c4ccccc4)C3C2=O)cc1. The summed E-state index contributed by atoms with van der Waals surface area (Å²) in [7, 11) is 0. The summed E-state index contributed by atoms with van der Waals surface area (Å²) >= 11 is 0. The number of imide groups is 1. The van der Waals surface area contributed by atoms with Crippen molar-refractivity contribution in [1.29, 1.82) is 0 Å². The summed E-state index contributed by atoms with van der Waals surface area (Å²) in [5.74, 6) is -1.14. The Morgan fingerprint density at radius 1 is 0.767 bits per heavy atom. The van der Waals surface area contributed by atoms with Gasteiger partial charge < -0.3 is 0 Å². The van der Waals surface area contributed by atoms with Crippen molar-refractivity contribution in [2.75, 3.05) is 9.96 Å². The summed E-state index contributed by atoms with van der Waals surface area (Å²) in [6.45, 7) is 2.07. The molecule has 0 radical (unpaired) electrons. The van der Waals surface area contributed by atoms with Gasteiger partial charge in [-0.1, -0.05) is 67.6 Å². The molecule has 3 unspecified atom stereocenters. The Kier molecular flexibility index (Phi) is 4.60. The largest absolute Gasteiger partial charge is 0.273 e. The van der Waals surface area contributed by atoms with Gasteiger partial charge in [0, 0.05) is 0 Å². The lowest BCUT2D eigenvalue weighted by Crippen LogP contribution is -2.37. The van der Waals surface area contributed by atoms with E-state index in [4.69, 9.17) is 4.84 Å². The second-order valence-electron chi connectivity index (χ2n) is 7.60. The highest BCUT2D eigenvalue weighted by atomic mass is 16.7. The molecule has 30 heavy (non-hydrogen) atoms. The summed E-state index contributed by atoms with van der Waals surface area (Å²) in [5.41, 5.74) is 3.52. The van der Waals surface area contributed by atoms with E-state index in [1.165, 1.54) is 4.90 Å². The van der Waals surface area contributed by atoms with E-state index in [0.717, 1.165) is 23.2 Å². The molecular formula is C25H22N2O3. The molecule has 0 saturated carbocycles. The van der Waals surface area contributed by atoms with Gasteiger partial charge in [-0.3, -0.25) is 14.4 Å². The molecular weight excluding hydrogens is 376 g/mol. The molecule has 3 aromatic carbocycles. The summed E-state index contributed by atoms with van der Waals surface area (Å²) in [6.07, 6.45) is 0.0623. The number of hydroxylamine groups is 1. The number of amides is 2. The predicted octanol–water partition coefficient (Wildman–Crippen LogP) is 4.30. The van der Waals surface area contributed by atoms with E-state index in [-0.39, 0.29) is 17.9 Å². The van der Waals surface area contributed by atoms with Crippen molar-refractivity contribution in [3.8, 4) is 0 Å². The molecule has 2 aliphatic rings. The van der Waals surface area contributed by atoms with Crippen LogP contribution in [0.15, 0.2) is 84.9 Å². The van der Waals surface area contributed by atoms with Gasteiger partial charge in [-0.2, -0.15) is 0 Å². The first-order valence-corrected chi connectivity index (χ1v) is 10.2. The normalized spacial score (nSPS) is 23.2. The Morgan fingerprint density at radius 2 is 1.40 bits per heavy atom. The van der Waals surface area contributed by atoms with E-state index in [1.807, 2.05) is 84.9 Å². The fourth-order valence-corrected chi connectivity index (χ4v) is 4.34. The van der Waals surface area contributed by atoms with Crippen LogP contribution in [-0.2, 0) is 20.8 Å². The maximum absolute atomic E-state index is 13.5. The minimum absolute atomic E-state index is 0.221. The summed E-state index contributed by atoms with van der Waals surface area (Å²) in [6, 6.07) is 26.6. The molecule has 150 valence electrons. The monoisotopic (exact) mass is 398 g/mol. The minimum atomic E-state index is -0.839. The van der Waals surface area contributed by atoms with Gasteiger partial charge in [-0.15, -0.1) is 0 Å². The van der Waals surface area contributed by atoms with E-state index in [1.54, 1.807) is 5.06 Å². The topological polar surface area (TPSA) is 49.9 Å². The number of para-hydroxylation sites is 1. The predicted molar refractivity (Wildman–Crippen MR) is 115 cm³/mol. The molecule has 3 aromatic rings. The molecule has 2 aliphatic heterocycles. The van der Waals surface area contributed by atoms with Crippen molar-refractivity contribution in [1.82, 2.24) is 0 Å². The fourth-order valence-electron chi connectivity index (χ4n) is 4.34. The number of hydrogen-bond acceptors (Lipinski definition) is 4. The van der Waals surface area contributed by atoms with E-state index < -0.39 is 12.0 Å². The Balaban J connectivity index is 1.55. The Morgan fingerprint density at radius 3 is 2.03 bits per heavy atom. The van der Waals surface area contributed by atoms with Gasteiger partial charge in [0.15, 0.2) is 6.10 Å². The molecule has 5 heteroatoms. The number of rotatable bonds is 4. The lowest BCUT2D eigenvalue weighted by Gasteiger charge is -2.28. The van der Waals surface area contributed by atoms with Crippen LogP contribution in [0.1, 0.15) is 24.1 Å². The zero-order valence-electron chi connectivity index (χ0n) is 16.6. The van der Waals surface area contributed by atoms with Crippen LogP contribution in [0.25, 0.3) is 0 Å². The van der Waals surface area contributed by atoms with Crippen LogP contribution in [0, 0.1) is 5.92 Å². The third-order valence-electron chi connectivity index (χ3n) is 5.87. The van der Waals surface area contributed by atoms with Crippen molar-refractivity contribution in [2.45, 2.75) is 25.5 Å². The maximum atomic E-state index is 13.5. The van der Waals surface area contributed by atoms with Crippen molar-refractivity contribution in [3.63, 3.8) is 0 Å². The summed E-state index contributed by atoms with van der Waals surface area (Å²) in [4.78, 5) is 34.2. The molecule has 0 bridgehead atoms. The average molecular weight is 398 g/mol. The zero-order chi connectivity index (χ0) is 20.7. The van der Waals surface area contributed by atoms with Gasteiger partial charge >= 0.3 is 0 Å². The van der Waals surface area contributed by atoms with Gasteiger partial charge in [0.05, 0.1) is 17.4 Å². The van der Waals surface area contributed by atoms with E-state index in [0.29, 0.717) is 5.69 Å². The number of carbonyl (C=O) groups excluding carboxylic acids is 2. The first-order valence-electron chi connectivity index (χ1n) is 10.2. The number of aryl methyl sites for hydroxylation is 1. The van der Waals surface area contributed by atoms with E-state index in [2.05, 4.69) is 6.92 Å². The van der Waals surface area contributed by atoms with Crippen LogP contribution in [0.5, 0.6) is 0 Å². The van der Waals surface area contributed by atoms with Crippen LogP contribution >= 0.6 is 0 Å². The maximum Gasteiger partial charge on any atom is 0.266 e. The third-order valence-corrected chi connectivity index (χ3v) is 5.87. The quantitative estimate of drug-likeness (QED) is 0.615. The molecule has 2 fully saturated rings. The Bertz CT molecular complexity index is 1070. The number of carbonyl (C=O) groups is 2. The summed E-state index contributed by atoms with van der Waals surface area (Å²) < 4.78 is 0. The highest BCUT2D eigenvalue weighted by Crippen LogP contribution is 2.47. The van der Waals surface area contributed by atoms with Crippen LogP contribution < -0.4 is 9.96 Å². The molecule has 0 aliphatic carbocycles. The van der Waals surface area contributed by atoms with Crippen LogP contribution in [0.2, 0.25) is 0 Å². The fraction of sp³-hybridized carbons (Fsp3) is 0.200. The number of anilines is 2. The molecule has 2 heterocycles. The van der Waals surface area contributed by atoms with Gasteiger partial charge in [-0.25, -0.2) is 9.96 Å². The third kappa shape index (κ3) is 2.90. The summed E-state index contributed by atoms with van der Waals surface area (Å²) in [5, 5.41) is 1.72. The van der Waals surface area contributed by atoms with Crippen molar-refractivity contribution in [3.05, 3.63) is 96.1 Å². The second-order valence-corrected chi connectivity index (χ2v) is 7.60. The van der Waals surface area contributed by atoms with Crippen LogP contribution in [-0.4, -0.2) is 17.9 Å². The van der Waals surface area contributed by atoms with Crippen LogP contribution in [0.3, 0.4) is 0 Å². The Labute approximate surface area is 175 Å². The molecule has 0 spiro atoms. The highest BCUT2D eigenvalue weighted by molar-refractivity contribution is 6.23. The molecule has 0 N–H and O–H groups in total. The lowest BCUT2D eigenvalue weighted by molar-refractivity contribution is -0.126. The number of hydrogen-bond donors (Lipinski definition) is 0. The number of nitrogens with zero attached hydrogens (tertiary/aromatic N) is 2. The number of fused-ring (bicyclic) bond motifs is 1. The standard InChI is InChI=1S/C25H22N2O3/c1-2-17-13-15-19(16-14-17)26-24(28)21-22(18-9-5-3-6-10-18)27(30-23(21)25(26)29)20-11-7-4-8-12-20/h3-16,21-23H,2H2,1H3.